The maximum Gasteiger partial charge on any atom is 0.309 e. The number of nitrogens with one attached hydrogen (secondary N) is 1. The fourth-order valence-corrected chi connectivity index (χ4v) is 11.5. The van der Waals surface area contributed by atoms with Gasteiger partial charge in [0.2, 0.25) is 5.79 Å². The Hall–Kier alpha value is -1.19. The summed E-state index contributed by atoms with van der Waals surface area (Å²) in [5.41, 5.74) is -1.58. The molecule has 12 heteroatoms. The van der Waals surface area contributed by atoms with Gasteiger partial charge < -0.3 is 54.3 Å². The topological polar surface area (TPSA) is 159 Å². The van der Waals surface area contributed by atoms with Gasteiger partial charge in [-0.15, -0.1) is 0 Å². The number of hydrogen-bond donors (Lipinski definition) is 5. The van der Waals surface area contributed by atoms with Crippen LogP contribution in [0.3, 0.4) is 0 Å². The number of carboxylic acids is 1. The second-order valence-electron chi connectivity index (χ2n) is 19.9. The van der Waals surface area contributed by atoms with Crippen LogP contribution in [0.2, 0.25) is 0 Å². The highest BCUT2D eigenvalue weighted by Crippen LogP contribution is 2.54. The predicted molar refractivity (Wildman–Crippen MR) is 224 cm³/mol. The van der Waals surface area contributed by atoms with Crippen LogP contribution in [0.5, 0.6) is 0 Å². The zero-order valence-electron chi connectivity index (χ0n) is 38.0. The first-order chi connectivity index (χ1) is 27.2. The van der Waals surface area contributed by atoms with Gasteiger partial charge in [0.1, 0.15) is 6.10 Å². The van der Waals surface area contributed by atoms with Crippen molar-refractivity contribution in [3.63, 3.8) is 0 Å². The molecule has 5 N–H and O–H groups in total. The largest absolute Gasteiger partial charge is 0.481 e. The van der Waals surface area contributed by atoms with Crippen molar-refractivity contribution in [3.8, 4) is 0 Å². The number of carboxylic acid groups (broad SMARTS) is 1. The number of ether oxygens (including phenoxy) is 5. The van der Waals surface area contributed by atoms with Crippen molar-refractivity contribution >= 4 is 5.97 Å². The average Bonchev–Trinajstić information content (AvgIpc) is 3.52. The molecule has 5 heterocycles. The van der Waals surface area contributed by atoms with Gasteiger partial charge in [0, 0.05) is 43.3 Å². The molecule has 0 aromatic rings. The van der Waals surface area contributed by atoms with Crippen LogP contribution in [0.25, 0.3) is 0 Å². The summed E-state index contributed by atoms with van der Waals surface area (Å²) < 4.78 is 34.4. The fourth-order valence-electron chi connectivity index (χ4n) is 11.5. The molecule has 5 aliphatic heterocycles. The van der Waals surface area contributed by atoms with E-state index in [4.69, 9.17) is 23.7 Å². The van der Waals surface area contributed by atoms with Crippen LogP contribution < -0.4 is 5.32 Å². The highest BCUT2D eigenvalue weighted by molar-refractivity contribution is 5.70. The minimum Gasteiger partial charge on any atom is -0.481 e. The van der Waals surface area contributed by atoms with Gasteiger partial charge in [-0.2, -0.15) is 0 Å². The molecular formula is C46H82N2O10. The van der Waals surface area contributed by atoms with Crippen LogP contribution >= 0.6 is 0 Å². The molecular weight excluding hydrogens is 741 g/mol. The van der Waals surface area contributed by atoms with E-state index in [1.807, 2.05) is 33.8 Å². The van der Waals surface area contributed by atoms with E-state index >= 15 is 0 Å². The van der Waals surface area contributed by atoms with Crippen LogP contribution in [0.4, 0.5) is 0 Å². The second kappa shape index (κ2) is 19.1. The van der Waals surface area contributed by atoms with Crippen LogP contribution in [0.15, 0.2) is 12.2 Å². The van der Waals surface area contributed by atoms with Crippen molar-refractivity contribution in [2.75, 3.05) is 27.2 Å². The number of aliphatic hydroxyl groups excluding tert-OH is 2. The Morgan fingerprint density at radius 3 is 2.26 bits per heavy atom. The molecule has 19 atom stereocenters. The van der Waals surface area contributed by atoms with E-state index in [9.17, 15) is 25.2 Å². The Morgan fingerprint density at radius 2 is 1.66 bits per heavy atom. The molecule has 5 rings (SSSR count). The monoisotopic (exact) mass is 823 g/mol. The Morgan fingerprint density at radius 1 is 0.948 bits per heavy atom. The summed E-state index contributed by atoms with van der Waals surface area (Å²) in [7, 11) is 4.12. The van der Waals surface area contributed by atoms with Gasteiger partial charge in [-0.3, -0.25) is 4.79 Å². The molecule has 2 unspecified atom stereocenters. The van der Waals surface area contributed by atoms with E-state index < -0.39 is 46.9 Å². The van der Waals surface area contributed by atoms with Crippen molar-refractivity contribution in [1.29, 1.82) is 0 Å². The molecule has 5 aliphatic rings. The van der Waals surface area contributed by atoms with Crippen molar-refractivity contribution < 1.29 is 48.9 Å². The summed E-state index contributed by atoms with van der Waals surface area (Å²) in [4.78, 5) is 14.3. The molecule has 336 valence electrons. The third-order valence-corrected chi connectivity index (χ3v) is 15.7. The summed E-state index contributed by atoms with van der Waals surface area (Å²) in [5, 5.41) is 48.9. The lowest BCUT2D eigenvalue weighted by Gasteiger charge is -2.55. The first kappa shape index (κ1) is 47.9. The molecule has 4 fully saturated rings. The summed E-state index contributed by atoms with van der Waals surface area (Å²) >= 11 is 0. The maximum atomic E-state index is 12.3. The van der Waals surface area contributed by atoms with Gasteiger partial charge in [-0.05, 0) is 116 Å². The van der Waals surface area contributed by atoms with E-state index in [1.54, 1.807) is 6.08 Å². The van der Waals surface area contributed by atoms with Crippen molar-refractivity contribution in [3.05, 3.63) is 12.2 Å². The van der Waals surface area contributed by atoms with Crippen LogP contribution in [-0.2, 0) is 28.5 Å². The number of nitrogens with zero attached hydrogens (tertiary/aromatic N) is 1. The Kier molecular flexibility index (Phi) is 15.7. The highest BCUT2D eigenvalue weighted by atomic mass is 16.8. The van der Waals surface area contributed by atoms with Gasteiger partial charge >= 0.3 is 5.97 Å². The van der Waals surface area contributed by atoms with Crippen molar-refractivity contribution in [2.45, 2.75) is 205 Å². The molecule has 58 heavy (non-hydrogen) atoms. The van der Waals surface area contributed by atoms with Crippen molar-refractivity contribution in [1.82, 2.24) is 10.2 Å². The Bertz CT molecular complexity index is 1390. The quantitative estimate of drug-likeness (QED) is 0.114. The molecule has 0 amide bonds. The fraction of sp³-hybridized carbons (Fsp3) is 0.935. The lowest BCUT2D eigenvalue weighted by molar-refractivity contribution is -0.410. The number of likely N-dealkylation sites (N-methyl/N-ethyl adjacent to an activating group) is 1. The summed E-state index contributed by atoms with van der Waals surface area (Å²) in [6.07, 6.45) is 7.25. The van der Waals surface area contributed by atoms with Crippen LogP contribution in [-0.4, -0.2) is 130 Å². The summed E-state index contributed by atoms with van der Waals surface area (Å²) in [5.74, 6) is -3.92. The average molecular weight is 823 g/mol. The molecule has 0 bridgehead atoms. The second-order valence-corrected chi connectivity index (χ2v) is 19.9. The Labute approximate surface area is 350 Å². The summed E-state index contributed by atoms with van der Waals surface area (Å²) in [6.45, 7) is 22.4. The smallest absolute Gasteiger partial charge is 0.309 e. The van der Waals surface area contributed by atoms with E-state index in [0.29, 0.717) is 44.9 Å². The SMILES string of the molecule is CC[C@@H](C(=O)O)[C@H]1CC[C@H](C)[C@H]([C@@H](C)[C@H](O)[C@H](C)C(NCCN(C)C)[C@H](CC)[C@H]2OC3(C=C[C@@H](O)[C@]4(CC[C@@](C)([C@H]5CC[C@](O)(CC)[C@H](C)O5)O4)O3)[C@H](C)C[C@@H]2C)O1. The molecule has 2 spiro atoms. The molecule has 4 saturated heterocycles. The van der Waals surface area contributed by atoms with E-state index in [-0.39, 0.29) is 72.1 Å². The third-order valence-electron chi connectivity index (χ3n) is 15.7. The maximum absolute atomic E-state index is 12.3. The normalized spacial score (nSPS) is 44.0. The van der Waals surface area contributed by atoms with Crippen molar-refractivity contribution in [2.24, 2.45) is 41.4 Å². The molecule has 0 aromatic heterocycles. The van der Waals surface area contributed by atoms with Gasteiger partial charge in [0.15, 0.2) is 5.79 Å². The molecule has 0 aliphatic carbocycles. The molecule has 12 nitrogen and oxygen atoms in total. The molecule has 0 saturated carbocycles. The zero-order chi connectivity index (χ0) is 43.0. The number of carbonyl (C=O) groups is 1. The predicted octanol–water partition coefficient (Wildman–Crippen LogP) is 6.14. The lowest BCUT2D eigenvalue weighted by atomic mass is 9.70. The van der Waals surface area contributed by atoms with Gasteiger partial charge in [0.05, 0.1) is 53.7 Å². The van der Waals surface area contributed by atoms with Gasteiger partial charge in [-0.25, -0.2) is 0 Å². The zero-order valence-corrected chi connectivity index (χ0v) is 38.0. The van der Waals surface area contributed by atoms with Gasteiger partial charge in [0.25, 0.3) is 0 Å². The van der Waals surface area contributed by atoms with Crippen LogP contribution in [0, 0.1) is 41.4 Å². The molecule has 0 radical (unpaired) electrons. The Balaban J connectivity index is 1.38. The highest BCUT2D eigenvalue weighted by Gasteiger charge is 2.63. The van der Waals surface area contributed by atoms with E-state index in [2.05, 4.69) is 65.9 Å². The van der Waals surface area contributed by atoms with Crippen LogP contribution in [0.1, 0.15) is 133 Å². The standard InChI is InChI=1S/C46H82N2O10/c1-13-33(42(51)52)35-17-16-27(4)40(55-35)31(8)39(50)30(7)38(47-24-25-48(11)12)34(14-2)41-28(5)26-29(6)45(56-41)21-18-36(49)46(58-45)23-22-43(10,57-46)37-19-20-44(53,15-3)32(9)54-37/h18,21,27-41,47,49-50,53H,13-17,19-20,22-26H2,1-12H3,(H,51,52)/t27-,28-,29+,30+,31-,32-,33+,34-,35+,36+,37+,38?,39+,40+,41-,43-,44+,45?,46-/m0/s1. The summed E-state index contributed by atoms with van der Waals surface area (Å²) in [6, 6.07) is -0.122. The lowest BCUT2D eigenvalue weighted by Crippen LogP contribution is -2.64. The number of aliphatic carboxylic acids is 1. The van der Waals surface area contributed by atoms with Gasteiger partial charge in [-0.1, -0.05) is 55.4 Å². The van der Waals surface area contributed by atoms with E-state index in [0.717, 1.165) is 32.4 Å². The first-order valence-electron chi connectivity index (χ1n) is 23.0. The number of rotatable bonds is 16. The minimum absolute atomic E-state index is 0.00341. The third kappa shape index (κ3) is 9.57. The molecule has 0 aromatic carbocycles. The minimum atomic E-state index is -1.32. The number of hydrogen-bond acceptors (Lipinski definition) is 11. The first-order valence-corrected chi connectivity index (χ1v) is 23.0. The number of aliphatic hydroxyl groups is 3. The van der Waals surface area contributed by atoms with E-state index in [1.165, 1.54) is 0 Å².